The second kappa shape index (κ2) is 6.35. The molecule has 1 aliphatic heterocycles. The van der Waals surface area contributed by atoms with E-state index in [1.807, 2.05) is 43.0 Å². The normalized spacial score (nSPS) is 12.8. The molecule has 24 heavy (non-hydrogen) atoms. The first-order valence-corrected chi connectivity index (χ1v) is 7.77. The van der Waals surface area contributed by atoms with Crippen LogP contribution in [0.4, 0.5) is 0 Å². The molecule has 1 aliphatic rings. The lowest BCUT2D eigenvalue weighted by Crippen LogP contribution is -2.25. The van der Waals surface area contributed by atoms with Crippen LogP contribution in [0, 0.1) is 13.8 Å². The van der Waals surface area contributed by atoms with Gasteiger partial charge >= 0.3 is 5.97 Å². The summed E-state index contributed by atoms with van der Waals surface area (Å²) in [6.07, 6.45) is 0. The smallest absolute Gasteiger partial charge is 0.341 e. The monoisotopic (exact) mass is 325 g/mol. The molecule has 0 spiro atoms. The van der Waals surface area contributed by atoms with Gasteiger partial charge in [-0.2, -0.15) is 0 Å². The van der Waals surface area contributed by atoms with Gasteiger partial charge in [-0.3, -0.25) is 4.79 Å². The zero-order chi connectivity index (χ0) is 17.3. The average molecular weight is 325 g/mol. The number of amides is 1. The highest BCUT2D eigenvalue weighted by Gasteiger charge is 2.24. The van der Waals surface area contributed by atoms with Crippen LogP contribution in [0.2, 0.25) is 0 Å². The van der Waals surface area contributed by atoms with Gasteiger partial charge in [0, 0.05) is 18.7 Å². The Kier molecular flexibility index (Phi) is 4.25. The van der Waals surface area contributed by atoms with E-state index in [2.05, 4.69) is 0 Å². The second-order valence-corrected chi connectivity index (χ2v) is 6.05. The van der Waals surface area contributed by atoms with Crippen molar-refractivity contribution >= 4 is 11.9 Å². The molecule has 0 radical (unpaired) electrons. The van der Waals surface area contributed by atoms with Gasteiger partial charge < -0.3 is 14.7 Å². The van der Waals surface area contributed by atoms with Gasteiger partial charge in [0.2, 0.25) is 0 Å². The van der Waals surface area contributed by atoms with Crippen molar-refractivity contribution in [3.63, 3.8) is 0 Å². The predicted octanol–water partition coefficient (Wildman–Crippen LogP) is 2.92. The molecule has 1 amide bonds. The minimum absolute atomic E-state index is 0.0258. The van der Waals surface area contributed by atoms with Gasteiger partial charge in [0.1, 0.15) is 5.75 Å². The molecule has 3 rings (SSSR count). The SMILES string of the molecule is Cc1cc(C(=O)N2Cc3ccccc3C2)cc(C)c1OCC(=O)O. The zero-order valence-electron chi connectivity index (χ0n) is 13.7. The maximum atomic E-state index is 12.8. The second-order valence-electron chi connectivity index (χ2n) is 6.05. The highest BCUT2D eigenvalue weighted by Crippen LogP contribution is 2.28. The fraction of sp³-hybridized carbons (Fsp3) is 0.263. The standard InChI is InChI=1S/C19H19NO4/c1-12-7-16(8-13(2)18(12)24-11-17(21)22)19(23)20-9-14-5-3-4-6-15(14)10-20/h3-8H,9-11H2,1-2H3,(H,21,22). The molecule has 0 aliphatic carbocycles. The zero-order valence-corrected chi connectivity index (χ0v) is 13.7. The maximum absolute atomic E-state index is 12.8. The van der Waals surface area contributed by atoms with E-state index in [0.29, 0.717) is 24.4 Å². The molecule has 0 unspecified atom stereocenters. The van der Waals surface area contributed by atoms with Gasteiger partial charge in [0.25, 0.3) is 5.91 Å². The van der Waals surface area contributed by atoms with E-state index in [0.717, 1.165) is 11.1 Å². The van der Waals surface area contributed by atoms with Gasteiger partial charge in [-0.25, -0.2) is 4.79 Å². The summed E-state index contributed by atoms with van der Waals surface area (Å²) in [6, 6.07) is 11.6. The van der Waals surface area contributed by atoms with Crippen LogP contribution in [0.5, 0.6) is 5.75 Å². The van der Waals surface area contributed by atoms with Gasteiger partial charge in [-0.05, 0) is 48.2 Å². The third-order valence-electron chi connectivity index (χ3n) is 4.18. The number of carbonyl (C=O) groups is 2. The fourth-order valence-electron chi connectivity index (χ4n) is 3.09. The first-order chi connectivity index (χ1) is 11.5. The third kappa shape index (κ3) is 3.11. The molecule has 0 fully saturated rings. The number of ether oxygens (including phenoxy) is 1. The van der Waals surface area contributed by atoms with E-state index in [-0.39, 0.29) is 5.91 Å². The van der Waals surface area contributed by atoms with Crippen LogP contribution in [0.25, 0.3) is 0 Å². The first kappa shape index (κ1) is 16.1. The Balaban J connectivity index is 1.80. The summed E-state index contributed by atoms with van der Waals surface area (Å²) in [4.78, 5) is 25.3. The average Bonchev–Trinajstić information content (AvgIpc) is 2.96. The van der Waals surface area contributed by atoms with Crippen LogP contribution in [-0.2, 0) is 17.9 Å². The molecule has 124 valence electrons. The van der Waals surface area contributed by atoms with Gasteiger partial charge in [0.15, 0.2) is 6.61 Å². The quantitative estimate of drug-likeness (QED) is 0.938. The number of fused-ring (bicyclic) bond motifs is 1. The number of aliphatic carboxylic acids is 1. The van der Waals surface area contributed by atoms with Crippen molar-refractivity contribution in [2.24, 2.45) is 0 Å². The lowest BCUT2D eigenvalue weighted by Gasteiger charge is -2.18. The number of hydrogen-bond acceptors (Lipinski definition) is 3. The van der Waals surface area contributed by atoms with Crippen molar-refractivity contribution in [1.82, 2.24) is 4.90 Å². The molecular formula is C19H19NO4. The van der Waals surface area contributed by atoms with E-state index >= 15 is 0 Å². The Hall–Kier alpha value is -2.82. The third-order valence-corrected chi connectivity index (χ3v) is 4.18. The highest BCUT2D eigenvalue weighted by atomic mass is 16.5. The van der Waals surface area contributed by atoms with E-state index in [9.17, 15) is 9.59 Å². The van der Waals surface area contributed by atoms with Crippen LogP contribution in [-0.4, -0.2) is 28.5 Å². The molecule has 0 bridgehead atoms. The number of nitrogens with zero attached hydrogens (tertiary/aromatic N) is 1. The Morgan fingerprint density at radius 1 is 1.08 bits per heavy atom. The van der Waals surface area contributed by atoms with Crippen LogP contribution in [0.15, 0.2) is 36.4 Å². The van der Waals surface area contributed by atoms with Crippen LogP contribution < -0.4 is 4.74 Å². The minimum atomic E-state index is -1.02. The Bertz CT molecular complexity index is 765. The first-order valence-electron chi connectivity index (χ1n) is 7.77. The predicted molar refractivity (Wildman–Crippen MR) is 89.1 cm³/mol. The summed E-state index contributed by atoms with van der Waals surface area (Å²) < 4.78 is 5.32. The summed E-state index contributed by atoms with van der Waals surface area (Å²) in [5.41, 5.74) is 4.48. The Labute approximate surface area is 140 Å². The number of rotatable bonds is 4. The summed E-state index contributed by atoms with van der Waals surface area (Å²) in [7, 11) is 0. The molecule has 5 nitrogen and oxygen atoms in total. The van der Waals surface area contributed by atoms with Gasteiger partial charge in [0.05, 0.1) is 0 Å². The molecule has 0 saturated heterocycles. The Morgan fingerprint density at radius 2 is 1.62 bits per heavy atom. The number of carboxylic acid groups (broad SMARTS) is 1. The summed E-state index contributed by atoms with van der Waals surface area (Å²) in [6.45, 7) is 4.48. The summed E-state index contributed by atoms with van der Waals surface area (Å²) in [5.74, 6) is -0.523. The summed E-state index contributed by atoms with van der Waals surface area (Å²) >= 11 is 0. The van der Waals surface area contributed by atoms with Crippen LogP contribution in [0.1, 0.15) is 32.6 Å². The number of hydrogen-bond donors (Lipinski definition) is 1. The summed E-state index contributed by atoms with van der Waals surface area (Å²) in [5, 5.41) is 8.74. The molecule has 2 aromatic carbocycles. The molecule has 1 N–H and O–H groups in total. The number of benzene rings is 2. The van der Waals surface area contributed by atoms with Crippen molar-refractivity contribution in [2.45, 2.75) is 26.9 Å². The van der Waals surface area contributed by atoms with Crippen molar-refractivity contribution in [3.05, 3.63) is 64.2 Å². The van der Waals surface area contributed by atoms with Crippen LogP contribution in [0.3, 0.4) is 0 Å². The molecule has 0 saturated carbocycles. The topological polar surface area (TPSA) is 66.8 Å². The number of carboxylic acids is 1. The van der Waals surface area contributed by atoms with Crippen LogP contribution >= 0.6 is 0 Å². The Morgan fingerprint density at radius 3 is 2.12 bits per heavy atom. The van der Waals surface area contributed by atoms with Crippen molar-refractivity contribution < 1.29 is 19.4 Å². The largest absolute Gasteiger partial charge is 0.481 e. The van der Waals surface area contributed by atoms with Crippen molar-refractivity contribution in [2.75, 3.05) is 6.61 Å². The lowest BCUT2D eigenvalue weighted by atomic mass is 10.0. The number of carbonyl (C=O) groups excluding carboxylic acids is 1. The van der Waals surface area contributed by atoms with Gasteiger partial charge in [-0.1, -0.05) is 24.3 Å². The molecule has 2 aromatic rings. The van der Waals surface area contributed by atoms with E-state index in [4.69, 9.17) is 9.84 Å². The van der Waals surface area contributed by atoms with E-state index < -0.39 is 12.6 Å². The lowest BCUT2D eigenvalue weighted by molar-refractivity contribution is -0.139. The molecule has 0 atom stereocenters. The maximum Gasteiger partial charge on any atom is 0.341 e. The molecule has 5 heteroatoms. The fourth-order valence-corrected chi connectivity index (χ4v) is 3.09. The molecular weight excluding hydrogens is 306 g/mol. The molecule has 0 aromatic heterocycles. The highest BCUT2D eigenvalue weighted by molar-refractivity contribution is 5.95. The minimum Gasteiger partial charge on any atom is -0.481 e. The molecule has 1 heterocycles. The van der Waals surface area contributed by atoms with E-state index in [1.54, 1.807) is 12.1 Å². The van der Waals surface area contributed by atoms with Gasteiger partial charge in [-0.15, -0.1) is 0 Å². The van der Waals surface area contributed by atoms with Crippen molar-refractivity contribution in [1.29, 1.82) is 0 Å². The van der Waals surface area contributed by atoms with E-state index in [1.165, 1.54) is 11.1 Å². The van der Waals surface area contributed by atoms with Crippen molar-refractivity contribution in [3.8, 4) is 5.75 Å². The number of aryl methyl sites for hydroxylation is 2.